The second-order valence-corrected chi connectivity index (χ2v) is 5.13. The first-order valence-corrected chi connectivity index (χ1v) is 7.43. The van der Waals surface area contributed by atoms with E-state index in [4.69, 9.17) is 4.74 Å². The Morgan fingerprint density at radius 2 is 2.18 bits per heavy atom. The molecule has 0 aliphatic carbocycles. The van der Waals surface area contributed by atoms with Gasteiger partial charge in [0.05, 0.1) is 24.9 Å². The van der Waals surface area contributed by atoms with Crippen LogP contribution in [0.5, 0.6) is 0 Å². The van der Waals surface area contributed by atoms with Crippen LogP contribution < -0.4 is 5.32 Å². The van der Waals surface area contributed by atoms with Gasteiger partial charge in [0.2, 0.25) is 0 Å². The fourth-order valence-electron chi connectivity index (χ4n) is 2.30. The molecule has 1 aliphatic rings. The van der Waals surface area contributed by atoms with Crippen molar-refractivity contribution in [1.29, 1.82) is 0 Å². The van der Waals surface area contributed by atoms with Crippen molar-refractivity contribution < 1.29 is 19.4 Å². The van der Waals surface area contributed by atoms with E-state index in [2.05, 4.69) is 10.3 Å². The second kappa shape index (κ2) is 7.74. The molecule has 0 spiro atoms. The van der Waals surface area contributed by atoms with Gasteiger partial charge in [0, 0.05) is 24.8 Å². The van der Waals surface area contributed by atoms with Crippen LogP contribution in [0.15, 0.2) is 18.3 Å². The number of piperidine rings is 1. The van der Waals surface area contributed by atoms with Gasteiger partial charge in [-0.15, -0.1) is 0 Å². The molecule has 0 atom stereocenters. The predicted molar refractivity (Wildman–Crippen MR) is 79.2 cm³/mol. The van der Waals surface area contributed by atoms with Gasteiger partial charge >= 0.3 is 6.09 Å². The summed E-state index contributed by atoms with van der Waals surface area (Å²) in [5.41, 5.74) is 1.13. The zero-order valence-electron chi connectivity index (χ0n) is 12.6. The van der Waals surface area contributed by atoms with Gasteiger partial charge in [0.25, 0.3) is 5.91 Å². The number of rotatable bonds is 4. The summed E-state index contributed by atoms with van der Waals surface area (Å²) in [6.07, 6.45) is 1.94. The minimum Gasteiger partial charge on any atom is -0.450 e. The van der Waals surface area contributed by atoms with E-state index in [-0.39, 0.29) is 18.6 Å². The van der Waals surface area contributed by atoms with Gasteiger partial charge in [-0.2, -0.15) is 0 Å². The van der Waals surface area contributed by atoms with E-state index in [9.17, 15) is 14.7 Å². The van der Waals surface area contributed by atoms with Crippen LogP contribution in [-0.4, -0.2) is 52.8 Å². The lowest BCUT2D eigenvalue weighted by Gasteiger charge is -2.29. The topological polar surface area (TPSA) is 91.8 Å². The predicted octanol–water partition coefficient (Wildman–Crippen LogP) is 0.925. The molecule has 0 radical (unpaired) electrons. The Morgan fingerprint density at radius 1 is 1.45 bits per heavy atom. The van der Waals surface area contributed by atoms with Gasteiger partial charge in [-0.3, -0.25) is 9.78 Å². The summed E-state index contributed by atoms with van der Waals surface area (Å²) in [7, 11) is 0. The summed E-state index contributed by atoms with van der Waals surface area (Å²) in [6.45, 7) is 3.35. The lowest BCUT2D eigenvalue weighted by atomic mass is 10.1. The lowest BCUT2D eigenvalue weighted by Crippen LogP contribution is -2.40. The number of nitrogens with zero attached hydrogens (tertiary/aromatic N) is 2. The maximum atomic E-state index is 12.4. The maximum absolute atomic E-state index is 12.4. The van der Waals surface area contributed by atoms with E-state index in [0.29, 0.717) is 43.8 Å². The molecule has 7 heteroatoms. The average Bonchev–Trinajstić information content (AvgIpc) is 2.53. The molecule has 7 nitrogen and oxygen atoms in total. The molecule has 0 aromatic carbocycles. The van der Waals surface area contributed by atoms with Crippen molar-refractivity contribution in [3.63, 3.8) is 0 Å². The fourth-order valence-corrected chi connectivity index (χ4v) is 2.30. The smallest absolute Gasteiger partial charge is 0.407 e. The summed E-state index contributed by atoms with van der Waals surface area (Å²) in [4.78, 5) is 29.5. The summed E-state index contributed by atoms with van der Waals surface area (Å²) in [5, 5.41) is 12.1. The second-order valence-electron chi connectivity index (χ2n) is 5.13. The number of ether oxygens (including phenoxy) is 1. The molecular formula is C15H21N3O4. The van der Waals surface area contributed by atoms with Gasteiger partial charge in [-0.05, 0) is 31.9 Å². The van der Waals surface area contributed by atoms with Crippen LogP contribution in [0, 0.1) is 0 Å². The number of amides is 2. The fraction of sp³-hybridized carbons (Fsp3) is 0.533. The lowest BCUT2D eigenvalue weighted by molar-refractivity contribution is 0.0546. The average molecular weight is 307 g/mol. The number of aliphatic hydroxyl groups excluding tert-OH is 1. The largest absolute Gasteiger partial charge is 0.450 e. The first kappa shape index (κ1) is 16.2. The van der Waals surface area contributed by atoms with Gasteiger partial charge in [0.1, 0.15) is 0 Å². The summed E-state index contributed by atoms with van der Waals surface area (Å²) >= 11 is 0. The normalized spacial score (nSPS) is 15.5. The van der Waals surface area contributed by atoms with E-state index in [1.807, 2.05) is 0 Å². The number of nitrogens with one attached hydrogen (secondary N) is 1. The van der Waals surface area contributed by atoms with Crippen LogP contribution >= 0.6 is 0 Å². The van der Waals surface area contributed by atoms with Gasteiger partial charge in [0.15, 0.2) is 0 Å². The number of hydrogen-bond donors (Lipinski definition) is 2. The van der Waals surface area contributed by atoms with Crippen LogP contribution in [-0.2, 0) is 11.3 Å². The number of hydrogen-bond acceptors (Lipinski definition) is 5. The highest BCUT2D eigenvalue weighted by molar-refractivity contribution is 5.94. The Bertz CT molecular complexity index is 527. The minimum atomic E-state index is -0.508. The van der Waals surface area contributed by atoms with Gasteiger partial charge < -0.3 is 20.1 Å². The molecule has 1 saturated heterocycles. The first-order chi connectivity index (χ1) is 10.6. The Balaban J connectivity index is 1.95. The van der Waals surface area contributed by atoms with Crippen LogP contribution in [0.1, 0.15) is 35.8 Å². The summed E-state index contributed by atoms with van der Waals surface area (Å²) in [6, 6.07) is 3.32. The van der Waals surface area contributed by atoms with E-state index in [1.54, 1.807) is 30.2 Å². The van der Waals surface area contributed by atoms with E-state index < -0.39 is 6.09 Å². The van der Waals surface area contributed by atoms with Gasteiger partial charge in [-0.1, -0.05) is 0 Å². The summed E-state index contributed by atoms with van der Waals surface area (Å²) < 4.78 is 4.77. The van der Waals surface area contributed by atoms with Crippen molar-refractivity contribution in [1.82, 2.24) is 15.2 Å². The monoisotopic (exact) mass is 307 g/mol. The van der Waals surface area contributed by atoms with Gasteiger partial charge in [-0.25, -0.2) is 4.79 Å². The molecule has 2 amide bonds. The third-order valence-corrected chi connectivity index (χ3v) is 3.50. The molecule has 120 valence electrons. The Hall–Kier alpha value is -2.15. The number of alkyl carbamates (subject to hydrolysis) is 1. The van der Waals surface area contributed by atoms with Crippen molar-refractivity contribution in [2.24, 2.45) is 0 Å². The van der Waals surface area contributed by atoms with Crippen LogP contribution in [0.2, 0.25) is 0 Å². The van der Waals surface area contributed by atoms with Crippen LogP contribution in [0.3, 0.4) is 0 Å². The molecule has 2 heterocycles. The minimum absolute atomic E-state index is 0.0771. The van der Waals surface area contributed by atoms with Crippen molar-refractivity contribution in [3.8, 4) is 0 Å². The molecular weight excluding hydrogens is 286 g/mol. The number of aromatic nitrogens is 1. The molecule has 1 aromatic heterocycles. The molecule has 22 heavy (non-hydrogen) atoms. The number of pyridine rings is 1. The molecule has 2 N–H and O–H groups in total. The van der Waals surface area contributed by atoms with E-state index in [1.165, 1.54) is 0 Å². The summed E-state index contributed by atoms with van der Waals surface area (Å²) in [5.74, 6) is -0.0771. The number of carbonyl (C=O) groups excluding carboxylic acids is 2. The Morgan fingerprint density at radius 3 is 2.86 bits per heavy atom. The molecule has 2 rings (SSSR count). The maximum Gasteiger partial charge on any atom is 0.407 e. The van der Waals surface area contributed by atoms with Crippen molar-refractivity contribution in [3.05, 3.63) is 29.6 Å². The zero-order chi connectivity index (χ0) is 15.9. The van der Waals surface area contributed by atoms with Crippen molar-refractivity contribution in [2.75, 3.05) is 19.7 Å². The van der Waals surface area contributed by atoms with E-state index >= 15 is 0 Å². The standard InChI is InChI=1S/C15H21N3O4/c1-2-22-15(21)17-10-12-9-11(3-6-16-12)14(20)18-7-4-13(19)5-8-18/h3,6,9,13,19H,2,4-5,7-8,10H2,1H3,(H,17,21). The molecule has 1 aromatic rings. The molecule has 0 saturated carbocycles. The van der Waals surface area contributed by atoms with Crippen molar-refractivity contribution in [2.45, 2.75) is 32.4 Å². The third kappa shape index (κ3) is 4.42. The highest BCUT2D eigenvalue weighted by atomic mass is 16.5. The molecule has 1 aliphatic heterocycles. The quantitative estimate of drug-likeness (QED) is 0.863. The van der Waals surface area contributed by atoms with Crippen LogP contribution in [0.25, 0.3) is 0 Å². The SMILES string of the molecule is CCOC(=O)NCc1cc(C(=O)N2CCC(O)CC2)ccn1. The third-order valence-electron chi connectivity index (χ3n) is 3.50. The number of carbonyl (C=O) groups is 2. The van der Waals surface area contributed by atoms with Crippen LogP contribution in [0.4, 0.5) is 4.79 Å². The Labute approximate surface area is 129 Å². The highest BCUT2D eigenvalue weighted by Gasteiger charge is 2.22. The zero-order valence-corrected chi connectivity index (χ0v) is 12.6. The first-order valence-electron chi connectivity index (χ1n) is 7.43. The number of aliphatic hydroxyl groups is 1. The van der Waals surface area contributed by atoms with E-state index in [0.717, 1.165) is 0 Å². The highest BCUT2D eigenvalue weighted by Crippen LogP contribution is 2.14. The molecule has 0 bridgehead atoms. The Kier molecular flexibility index (Phi) is 5.71. The van der Waals surface area contributed by atoms with Crippen molar-refractivity contribution >= 4 is 12.0 Å². The number of likely N-dealkylation sites (tertiary alicyclic amines) is 1. The molecule has 1 fully saturated rings. The molecule has 0 unspecified atom stereocenters.